The van der Waals surface area contributed by atoms with Gasteiger partial charge < -0.3 is 5.11 Å². The van der Waals surface area contributed by atoms with E-state index in [1.165, 1.54) is 12.2 Å². The summed E-state index contributed by atoms with van der Waals surface area (Å²) in [6, 6.07) is 0. The van der Waals surface area contributed by atoms with Gasteiger partial charge in [-0.15, -0.1) is 0 Å². The third-order valence-electron chi connectivity index (χ3n) is 3.51. The molecule has 2 rings (SSSR count). The predicted molar refractivity (Wildman–Crippen MR) is 50.6 cm³/mol. The molecular formula is C11H12O3. The molecule has 1 N–H and O–H groups in total. The first-order valence-electron chi connectivity index (χ1n) is 4.60. The minimum Gasteiger partial charge on any atom is -0.380 e. The first-order valence-corrected chi connectivity index (χ1v) is 4.60. The molecule has 14 heavy (non-hydrogen) atoms. The van der Waals surface area contributed by atoms with Crippen LogP contribution < -0.4 is 0 Å². The zero-order valence-electron chi connectivity index (χ0n) is 8.04. The SMILES string of the molecule is C=C1C(=O)CCC2(C)C(=O)C=CC12O. The van der Waals surface area contributed by atoms with E-state index < -0.39 is 11.0 Å². The summed E-state index contributed by atoms with van der Waals surface area (Å²) in [4.78, 5) is 23.0. The molecule has 0 aromatic carbocycles. The minimum absolute atomic E-state index is 0.117. The summed E-state index contributed by atoms with van der Waals surface area (Å²) in [5, 5.41) is 10.3. The molecule has 0 saturated heterocycles. The predicted octanol–water partition coefficient (Wildman–Crippen LogP) is 0.782. The molecule has 0 amide bonds. The summed E-state index contributed by atoms with van der Waals surface area (Å²) >= 11 is 0. The van der Waals surface area contributed by atoms with E-state index in [4.69, 9.17) is 0 Å². The van der Waals surface area contributed by atoms with Crippen LogP contribution in [-0.4, -0.2) is 22.3 Å². The lowest BCUT2D eigenvalue weighted by Gasteiger charge is -2.42. The maximum Gasteiger partial charge on any atom is 0.164 e. The van der Waals surface area contributed by atoms with Gasteiger partial charge in [0.05, 0.1) is 5.41 Å². The van der Waals surface area contributed by atoms with Gasteiger partial charge in [0.25, 0.3) is 0 Å². The van der Waals surface area contributed by atoms with Crippen LogP contribution in [0, 0.1) is 5.41 Å². The zero-order valence-corrected chi connectivity index (χ0v) is 8.04. The second-order valence-corrected chi connectivity index (χ2v) is 4.20. The van der Waals surface area contributed by atoms with Crippen LogP contribution in [0.3, 0.4) is 0 Å². The lowest BCUT2D eigenvalue weighted by Crippen LogP contribution is -2.52. The van der Waals surface area contributed by atoms with Crippen molar-refractivity contribution in [2.24, 2.45) is 5.41 Å². The quantitative estimate of drug-likeness (QED) is 0.577. The summed E-state index contributed by atoms with van der Waals surface area (Å²) in [6.45, 7) is 5.27. The highest BCUT2D eigenvalue weighted by molar-refractivity contribution is 6.07. The van der Waals surface area contributed by atoms with Crippen LogP contribution in [0.2, 0.25) is 0 Å². The van der Waals surface area contributed by atoms with Gasteiger partial charge in [-0.3, -0.25) is 9.59 Å². The lowest BCUT2D eigenvalue weighted by atomic mass is 9.63. The first-order chi connectivity index (χ1) is 6.42. The number of hydrogen-bond acceptors (Lipinski definition) is 3. The smallest absolute Gasteiger partial charge is 0.164 e. The molecule has 0 bridgehead atoms. The Morgan fingerprint density at radius 1 is 1.50 bits per heavy atom. The fourth-order valence-electron chi connectivity index (χ4n) is 2.23. The fraction of sp³-hybridized carbons (Fsp3) is 0.455. The average Bonchev–Trinajstić information content (AvgIpc) is 2.39. The number of rotatable bonds is 0. The molecule has 0 heterocycles. The molecule has 74 valence electrons. The second kappa shape index (κ2) is 2.42. The van der Waals surface area contributed by atoms with Crippen molar-refractivity contribution >= 4 is 11.6 Å². The van der Waals surface area contributed by atoms with Crippen molar-refractivity contribution in [3.05, 3.63) is 24.3 Å². The van der Waals surface area contributed by atoms with Gasteiger partial charge in [0.15, 0.2) is 11.6 Å². The Hall–Kier alpha value is -1.22. The van der Waals surface area contributed by atoms with Crippen LogP contribution in [-0.2, 0) is 9.59 Å². The molecule has 2 atom stereocenters. The summed E-state index contributed by atoms with van der Waals surface area (Å²) in [7, 11) is 0. The summed E-state index contributed by atoms with van der Waals surface area (Å²) in [5.41, 5.74) is -2.18. The third kappa shape index (κ3) is 0.805. The molecule has 3 heteroatoms. The maximum atomic E-state index is 11.6. The van der Waals surface area contributed by atoms with Crippen molar-refractivity contribution in [1.82, 2.24) is 0 Å². The zero-order chi connectivity index (χ0) is 10.6. The fourth-order valence-corrected chi connectivity index (χ4v) is 2.23. The number of allylic oxidation sites excluding steroid dienone is 1. The van der Waals surface area contributed by atoms with E-state index in [9.17, 15) is 14.7 Å². The topological polar surface area (TPSA) is 54.4 Å². The molecule has 0 spiro atoms. The molecule has 0 radical (unpaired) electrons. The molecule has 1 saturated carbocycles. The summed E-state index contributed by atoms with van der Waals surface area (Å²) in [5.74, 6) is -0.266. The molecule has 2 unspecified atom stereocenters. The number of Topliss-reactive ketones (excluding diaryl/α,β-unsaturated/α-hetero) is 1. The number of hydrogen-bond donors (Lipinski definition) is 1. The Bertz CT molecular complexity index is 380. The minimum atomic E-state index is -1.45. The number of carbonyl (C=O) groups is 2. The number of ketones is 2. The average molecular weight is 192 g/mol. The van der Waals surface area contributed by atoms with E-state index >= 15 is 0 Å². The molecule has 0 aliphatic heterocycles. The Morgan fingerprint density at radius 3 is 2.79 bits per heavy atom. The van der Waals surface area contributed by atoms with Gasteiger partial charge in [-0.05, 0) is 25.5 Å². The van der Waals surface area contributed by atoms with Crippen molar-refractivity contribution in [3.63, 3.8) is 0 Å². The first kappa shape index (κ1) is 9.34. The van der Waals surface area contributed by atoms with Gasteiger partial charge >= 0.3 is 0 Å². The third-order valence-corrected chi connectivity index (χ3v) is 3.51. The highest BCUT2D eigenvalue weighted by Crippen LogP contribution is 2.50. The number of carbonyl (C=O) groups excluding carboxylic acids is 2. The van der Waals surface area contributed by atoms with Crippen LogP contribution in [0.5, 0.6) is 0 Å². The van der Waals surface area contributed by atoms with Gasteiger partial charge in [0, 0.05) is 12.0 Å². The highest BCUT2D eigenvalue weighted by atomic mass is 16.3. The molecule has 2 aliphatic carbocycles. The Balaban J connectivity index is 2.55. The van der Waals surface area contributed by atoms with E-state index in [1.54, 1.807) is 6.92 Å². The number of aliphatic hydroxyl groups is 1. The van der Waals surface area contributed by atoms with Gasteiger partial charge in [0.2, 0.25) is 0 Å². The Labute approximate surface area is 82.1 Å². The molecule has 0 aromatic heterocycles. The largest absolute Gasteiger partial charge is 0.380 e. The highest BCUT2D eigenvalue weighted by Gasteiger charge is 2.58. The molecule has 2 aliphatic rings. The van der Waals surface area contributed by atoms with Crippen LogP contribution in [0.25, 0.3) is 0 Å². The van der Waals surface area contributed by atoms with E-state index in [-0.39, 0.29) is 17.1 Å². The summed E-state index contributed by atoms with van der Waals surface area (Å²) < 4.78 is 0. The lowest BCUT2D eigenvalue weighted by molar-refractivity contribution is -0.136. The van der Waals surface area contributed by atoms with Crippen molar-refractivity contribution in [2.75, 3.05) is 0 Å². The Morgan fingerprint density at radius 2 is 2.14 bits per heavy atom. The van der Waals surface area contributed by atoms with Crippen molar-refractivity contribution in [3.8, 4) is 0 Å². The Kier molecular flexibility index (Phi) is 1.61. The molecule has 3 nitrogen and oxygen atoms in total. The molecular weight excluding hydrogens is 180 g/mol. The van der Waals surface area contributed by atoms with Crippen LogP contribution >= 0.6 is 0 Å². The van der Waals surface area contributed by atoms with Crippen LogP contribution in [0.1, 0.15) is 19.8 Å². The molecule has 1 fully saturated rings. The van der Waals surface area contributed by atoms with E-state index in [1.807, 2.05) is 0 Å². The number of fused-ring (bicyclic) bond motifs is 1. The standard InChI is InChI=1S/C11H12O3/c1-7-8(12)3-5-10(2)9(13)4-6-11(7,10)14/h4,6,14H,1,3,5H2,2H3. The van der Waals surface area contributed by atoms with Gasteiger partial charge in [-0.1, -0.05) is 6.58 Å². The molecule has 0 aromatic rings. The maximum absolute atomic E-state index is 11.6. The van der Waals surface area contributed by atoms with Crippen molar-refractivity contribution < 1.29 is 14.7 Å². The van der Waals surface area contributed by atoms with Gasteiger partial charge in [-0.25, -0.2) is 0 Å². The van der Waals surface area contributed by atoms with Gasteiger partial charge in [0.1, 0.15) is 5.60 Å². The van der Waals surface area contributed by atoms with E-state index in [0.29, 0.717) is 12.8 Å². The summed E-state index contributed by atoms with van der Waals surface area (Å²) in [6.07, 6.45) is 3.44. The van der Waals surface area contributed by atoms with Crippen LogP contribution in [0.15, 0.2) is 24.3 Å². The van der Waals surface area contributed by atoms with E-state index in [0.717, 1.165) is 0 Å². The monoisotopic (exact) mass is 192 g/mol. The van der Waals surface area contributed by atoms with Gasteiger partial charge in [-0.2, -0.15) is 0 Å². The van der Waals surface area contributed by atoms with E-state index in [2.05, 4.69) is 6.58 Å². The van der Waals surface area contributed by atoms with Crippen molar-refractivity contribution in [2.45, 2.75) is 25.4 Å². The normalized spacial score (nSPS) is 41.7. The second-order valence-electron chi connectivity index (χ2n) is 4.20. The van der Waals surface area contributed by atoms with Crippen molar-refractivity contribution in [1.29, 1.82) is 0 Å². The van der Waals surface area contributed by atoms with Crippen LogP contribution in [0.4, 0.5) is 0 Å².